The Hall–Kier alpha value is -3.16. The van der Waals surface area contributed by atoms with Crippen LogP contribution in [0, 0.1) is 0 Å². The number of carbonyl (C=O) groups excluding carboxylic acids is 1. The number of aromatic nitrogens is 2. The second-order valence-electron chi connectivity index (χ2n) is 6.61. The highest BCUT2D eigenvalue weighted by Gasteiger charge is 2.26. The molecule has 0 spiro atoms. The maximum absolute atomic E-state index is 12.2. The summed E-state index contributed by atoms with van der Waals surface area (Å²) in [7, 11) is 0. The topological polar surface area (TPSA) is 91.0 Å². The number of fused-ring (bicyclic) bond motifs is 1. The lowest BCUT2D eigenvalue weighted by atomic mass is 10.2. The van der Waals surface area contributed by atoms with Gasteiger partial charge in [-0.2, -0.15) is 0 Å². The minimum Gasteiger partial charge on any atom is -0.370 e. The van der Waals surface area contributed by atoms with Crippen LogP contribution >= 0.6 is 0 Å². The van der Waals surface area contributed by atoms with Gasteiger partial charge in [-0.1, -0.05) is 18.2 Å². The number of amides is 1. The first-order valence-electron chi connectivity index (χ1n) is 9.17. The SMILES string of the molecule is NC(=NCCN1C(=O)Cc2ccccc21)N1CCN(c2ncccn2)CC1. The van der Waals surface area contributed by atoms with E-state index in [0.29, 0.717) is 25.5 Å². The molecule has 0 radical (unpaired) electrons. The molecule has 2 aliphatic heterocycles. The summed E-state index contributed by atoms with van der Waals surface area (Å²) < 4.78 is 0. The summed E-state index contributed by atoms with van der Waals surface area (Å²) in [5.74, 6) is 1.41. The van der Waals surface area contributed by atoms with Gasteiger partial charge in [-0.15, -0.1) is 0 Å². The third-order valence-corrected chi connectivity index (χ3v) is 4.96. The Bertz CT molecular complexity index is 831. The molecule has 0 unspecified atom stereocenters. The van der Waals surface area contributed by atoms with E-state index >= 15 is 0 Å². The Balaban J connectivity index is 1.30. The number of aliphatic imine (C=N–C) groups is 1. The largest absolute Gasteiger partial charge is 0.370 e. The fourth-order valence-corrected chi connectivity index (χ4v) is 3.52. The van der Waals surface area contributed by atoms with Crippen LogP contribution in [-0.2, 0) is 11.2 Å². The molecule has 2 aliphatic rings. The number of carbonyl (C=O) groups is 1. The van der Waals surface area contributed by atoms with Gasteiger partial charge in [0.05, 0.1) is 13.0 Å². The number of benzene rings is 1. The molecule has 140 valence electrons. The van der Waals surface area contributed by atoms with Gasteiger partial charge in [0.1, 0.15) is 0 Å². The van der Waals surface area contributed by atoms with Gasteiger partial charge in [0.2, 0.25) is 11.9 Å². The van der Waals surface area contributed by atoms with Crippen LogP contribution in [-0.4, -0.2) is 66.0 Å². The lowest BCUT2D eigenvalue weighted by Crippen LogP contribution is -2.51. The monoisotopic (exact) mass is 365 g/mol. The number of piperazine rings is 1. The molecule has 27 heavy (non-hydrogen) atoms. The van der Waals surface area contributed by atoms with E-state index in [1.807, 2.05) is 30.3 Å². The molecule has 1 aromatic carbocycles. The third-order valence-electron chi connectivity index (χ3n) is 4.96. The van der Waals surface area contributed by atoms with Gasteiger partial charge in [0.25, 0.3) is 0 Å². The van der Waals surface area contributed by atoms with Crippen LogP contribution in [0.4, 0.5) is 11.6 Å². The molecule has 1 aromatic heterocycles. The van der Waals surface area contributed by atoms with E-state index in [1.165, 1.54) is 0 Å². The van der Waals surface area contributed by atoms with Crippen molar-refractivity contribution < 1.29 is 4.79 Å². The molecule has 0 bridgehead atoms. The molecular formula is C19H23N7O. The van der Waals surface area contributed by atoms with Crippen LogP contribution in [0.5, 0.6) is 0 Å². The van der Waals surface area contributed by atoms with E-state index in [-0.39, 0.29) is 5.91 Å². The molecule has 1 fully saturated rings. The Morgan fingerprint density at radius 1 is 1.07 bits per heavy atom. The van der Waals surface area contributed by atoms with Gasteiger partial charge >= 0.3 is 0 Å². The average molecular weight is 365 g/mol. The Kier molecular flexibility index (Phi) is 4.86. The fraction of sp³-hybridized carbons (Fsp3) is 0.368. The molecule has 0 saturated carbocycles. The van der Waals surface area contributed by atoms with E-state index in [0.717, 1.165) is 43.4 Å². The zero-order valence-electron chi connectivity index (χ0n) is 15.2. The number of anilines is 2. The van der Waals surface area contributed by atoms with Crippen LogP contribution in [0.2, 0.25) is 0 Å². The van der Waals surface area contributed by atoms with E-state index < -0.39 is 0 Å². The zero-order valence-corrected chi connectivity index (χ0v) is 15.2. The highest BCUT2D eigenvalue weighted by Crippen LogP contribution is 2.27. The maximum Gasteiger partial charge on any atom is 0.231 e. The molecule has 0 aliphatic carbocycles. The number of hydrogen-bond acceptors (Lipinski definition) is 5. The van der Waals surface area contributed by atoms with Crippen molar-refractivity contribution in [2.75, 3.05) is 49.1 Å². The predicted molar refractivity (Wildman–Crippen MR) is 105 cm³/mol. The summed E-state index contributed by atoms with van der Waals surface area (Å²) in [4.78, 5) is 31.3. The Morgan fingerprint density at radius 3 is 2.59 bits per heavy atom. The summed E-state index contributed by atoms with van der Waals surface area (Å²) >= 11 is 0. The molecule has 0 atom stereocenters. The van der Waals surface area contributed by atoms with Gasteiger partial charge in [-0.25, -0.2) is 9.97 Å². The number of nitrogens with zero attached hydrogens (tertiary/aromatic N) is 6. The van der Waals surface area contributed by atoms with E-state index in [9.17, 15) is 4.79 Å². The summed E-state index contributed by atoms with van der Waals surface area (Å²) in [6.07, 6.45) is 3.98. The smallest absolute Gasteiger partial charge is 0.231 e. The highest BCUT2D eigenvalue weighted by atomic mass is 16.2. The summed E-state index contributed by atoms with van der Waals surface area (Å²) in [6, 6.07) is 9.72. The normalized spacial score (nSPS) is 17.4. The van der Waals surface area contributed by atoms with Crippen LogP contribution < -0.4 is 15.5 Å². The quantitative estimate of drug-likeness (QED) is 0.627. The average Bonchev–Trinajstić information content (AvgIpc) is 3.04. The second kappa shape index (κ2) is 7.61. The molecule has 2 N–H and O–H groups in total. The van der Waals surface area contributed by atoms with Gasteiger partial charge in [0, 0.05) is 50.8 Å². The van der Waals surface area contributed by atoms with Crippen molar-refractivity contribution in [1.29, 1.82) is 0 Å². The van der Waals surface area contributed by atoms with Gasteiger partial charge in [-0.05, 0) is 17.7 Å². The molecule has 4 rings (SSSR count). The van der Waals surface area contributed by atoms with E-state index in [2.05, 4.69) is 24.8 Å². The first-order valence-corrected chi connectivity index (χ1v) is 9.17. The van der Waals surface area contributed by atoms with Crippen molar-refractivity contribution in [2.45, 2.75) is 6.42 Å². The summed E-state index contributed by atoms with van der Waals surface area (Å²) in [5, 5.41) is 0. The van der Waals surface area contributed by atoms with Gasteiger partial charge < -0.3 is 20.4 Å². The molecular weight excluding hydrogens is 342 g/mol. The number of rotatable bonds is 4. The summed E-state index contributed by atoms with van der Waals surface area (Å²) in [5.41, 5.74) is 8.24. The van der Waals surface area contributed by atoms with Crippen molar-refractivity contribution in [3.63, 3.8) is 0 Å². The van der Waals surface area contributed by atoms with Crippen LogP contribution in [0.1, 0.15) is 5.56 Å². The van der Waals surface area contributed by atoms with Gasteiger partial charge in [0.15, 0.2) is 5.96 Å². The van der Waals surface area contributed by atoms with Crippen LogP contribution in [0.25, 0.3) is 0 Å². The van der Waals surface area contributed by atoms with Crippen molar-refractivity contribution in [3.8, 4) is 0 Å². The second-order valence-corrected chi connectivity index (χ2v) is 6.61. The van der Waals surface area contributed by atoms with Crippen molar-refractivity contribution in [2.24, 2.45) is 10.7 Å². The van der Waals surface area contributed by atoms with E-state index in [1.54, 1.807) is 17.3 Å². The highest BCUT2D eigenvalue weighted by molar-refractivity contribution is 6.01. The number of nitrogens with two attached hydrogens (primary N) is 1. The fourth-order valence-electron chi connectivity index (χ4n) is 3.52. The molecule has 3 heterocycles. The predicted octanol–water partition coefficient (Wildman–Crippen LogP) is 0.503. The number of para-hydroxylation sites is 1. The number of hydrogen-bond donors (Lipinski definition) is 1. The minimum atomic E-state index is 0.126. The Morgan fingerprint density at radius 2 is 1.81 bits per heavy atom. The van der Waals surface area contributed by atoms with Gasteiger partial charge in [-0.3, -0.25) is 9.79 Å². The lowest BCUT2D eigenvalue weighted by Gasteiger charge is -2.35. The third kappa shape index (κ3) is 3.69. The first kappa shape index (κ1) is 17.3. The van der Waals surface area contributed by atoms with E-state index in [4.69, 9.17) is 5.73 Å². The van der Waals surface area contributed by atoms with Crippen molar-refractivity contribution >= 4 is 23.5 Å². The molecule has 2 aromatic rings. The molecule has 8 nitrogen and oxygen atoms in total. The van der Waals surface area contributed by atoms with Crippen molar-refractivity contribution in [1.82, 2.24) is 14.9 Å². The first-order chi connectivity index (χ1) is 13.2. The molecule has 1 amide bonds. The van der Waals surface area contributed by atoms with Crippen LogP contribution in [0.3, 0.4) is 0 Å². The molecule has 8 heteroatoms. The minimum absolute atomic E-state index is 0.126. The zero-order chi connectivity index (χ0) is 18.6. The number of guanidine groups is 1. The standard InChI is InChI=1S/C19H23N7O/c20-18(24-10-12-25(13-11-24)19-22-6-3-7-23-19)21-8-9-26-16-5-2-1-4-15(16)14-17(26)27/h1-7H,8-14H2,(H2,20,21). The van der Waals surface area contributed by atoms with Crippen LogP contribution in [0.15, 0.2) is 47.7 Å². The Labute approximate surface area is 158 Å². The molecule has 1 saturated heterocycles. The lowest BCUT2D eigenvalue weighted by molar-refractivity contribution is -0.117. The maximum atomic E-state index is 12.2. The summed E-state index contributed by atoms with van der Waals surface area (Å²) in [6.45, 7) is 4.21. The van der Waals surface area contributed by atoms with Crippen molar-refractivity contribution in [3.05, 3.63) is 48.3 Å².